The van der Waals surface area contributed by atoms with E-state index in [-0.39, 0.29) is 0 Å². The predicted octanol–water partition coefficient (Wildman–Crippen LogP) is 3.84. The topological polar surface area (TPSA) is 51.8 Å². The fourth-order valence-electron chi connectivity index (χ4n) is 2.28. The van der Waals surface area contributed by atoms with Crippen LogP contribution in [0.5, 0.6) is 0 Å². The van der Waals surface area contributed by atoms with Crippen molar-refractivity contribution in [2.45, 2.75) is 32.1 Å². The molecule has 0 aliphatic heterocycles. The van der Waals surface area contributed by atoms with Gasteiger partial charge in [0.15, 0.2) is 0 Å². The summed E-state index contributed by atoms with van der Waals surface area (Å²) in [7, 11) is 0. The second-order valence-corrected chi connectivity index (χ2v) is 5.08. The fourth-order valence-corrected chi connectivity index (χ4v) is 2.44. The molecule has 4 heteroatoms. The molecule has 1 aromatic carbocycles. The van der Waals surface area contributed by atoms with Gasteiger partial charge in [0.1, 0.15) is 5.15 Å². The van der Waals surface area contributed by atoms with Gasteiger partial charge in [0.2, 0.25) is 0 Å². The Morgan fingerprint density at radius 3 is 2.84 bits per heavy atom. The molecule has 2 rings (SSSR count). The Labute approximate surface area is 118 Å². The van der Waals surface area contributed by atoms with Gasteiger partial charge < -0.3 is 5.73 Å². The molecular formula is C15H18ClN3. The Morgan fingerprint density at radius 1 is 1.32 bits per heavy atom. The van der Waals surface area contributed by atoms with Crippen molar-refractivity contribution in [3.63, 3.8) is 0 Å². The van der Waals surface area contributed by atoms with Crippen molar-refractivity contribution in [3.8, 4) is 0 Å². The molecule has 0 amide bonds. The lowest BCUT2D eigenvalue weighted by Crippen LogP contribution is -2.05. The lowest BCUT2D eigenvalue weighted by atomic mass is 9.90. The first-order chi connectivity index (χ1) is 9.19. The maximum absolute atomic E-state index is 5.88. The second kappa shape index (κ2) is 6.53. The average Bonchev–Trinajstić information content (AvgIpc) is 2.38. The Bertz CT molecular complexity index is 542. The van der Waals surface area contributed by atoms with Gasteiger partial charge in [-0.1, -0.05) is 37.1 Å². The predicted molar refractivity (Wildman–Crippen MR) is 79.2 cm³/mol. The zero-order chi connectivity index (χ0) is 13.7. The summed E-state index contributed by atoms with van der Waals surface area (Å²) in [6, 6.07) is 8.07. The number of rotatable bonds is 5. The molecule has 19 heavy (non-hydrogen) atoms. The molecule has 1 aromatic heterocycles. The highest BCUT2D eigenvalue weighted by Crippen LogP contribution is 2.26. The van der Waals surface area contributed by atoms with E-state index in [4.69, 9.17) is 17.3 Å². The molecule has 1 atom stereocenters. The zero-order valence-corrected chi connectivity index (χ0v) is 11.8. The number of aromatic nitrogens is 2. The van der Waals surface area contributed by atoms with E-state index in [2.05, 4.69) is 23.0 Å². The summed E-state index contributed by atoms with van der Waals surface area (Å²) in [5.41, 5.74) is 8.84. The molecule has 0 saturated heterocycles. The van der Waals surface area contributed by atoms with Crippen molar-refractivity contribution >= 4 is 17.3 Å². The highest BCUT2D eigenvalue weighted by molar-refractivity contribution is 6.29. The van der Waals surface area contributed by atoms with Crippen molar-refractivity contribution in [1.29, 1.82) is 0 Å². The van der Waals surface area contributed by atoms with Crippen LogP contribution in [-0.2, 0) is 6.42 Å². The SMILES string of the molecule is CCCC(Cc1cncc(Cl)n1)c1cccc(N)c1. The minimum Gasteiger partial charge on any atom is -0.399 e. The third kappa shape index (κ3) is 3.93. The van der Waals surface area contributed by atoms with Gasteiger partial charge in [0, 0.05) is 11.9 Å². The van der Waals surface area contributed by atoms with Crippen molar-refractivity contribution < 1.29 is 0 Å². The first-order valence-corrected chi connectivity index (χ1v) is 6.88. The second-order valence-electron chi connectivity index (χ2n) is 4.69. The van der Waals surface area contributed by atoms with E-state index in [0.29, 0.717) is 11.1 Å². The summed E-state index contributed by atoms with van der Waals surface area (Å²) < 4.78 is 0. The number of nitrogen functional groups attached to an aromatic ring is 1. The van der Waals surface area contributed by atoms with Gasteiger partial charge >= 0.3 is 0 Å². The number of hydrogen-bond acceptors (Lipinski definition) is 3. The summed E-state index contributed by atoms with van der Waals surface area (Å²) in [6.45, 7) is 2.18. The molecule has 0 saturated carbocycles. The number of nitrogens with zero attached hydrogens (tertiary/aromatic N) is 2. The van der Waals surface area contributed by atoms with Crippen LogP contribution in [-0.4, -0.2) is 9.97 Å². The van der Waals surface area contributed by atoms with Crippen LogP contribution in [0.1, 0.15) is 36.9 Å². The number of benzene rings is 1. The smallest absolute Gasteiger partial charge is 0.147 e. The molecule has 3 nitrogen and oxygen atoms in total. The van der Waals surface area contributed by atoms with Gasteiger partial charge in [-0.3, -0.25) is 4.98 Å². The molecule has 1 heterocycles. The molecular weight excluding hydrogens is 258 g/mol. The quantitative estimate of drug-likeness (QED) is 0.844. The lowest BCUT2D eigenvalue weighted by molar-refractivity contribution is 0.601. The van der Waals surface area contributed by atoms with E-state index in [1.807, 2.05) is 18.2 Å². The normalized spacial score (nSPS) is 12.3. The lowest BCUT2D eigenvalue weighted by Gasteiger charge is -2.16. The number of nitrogens with two attached hydrogens (primary N) is 1. The van der Waals surface area contributed by atoms with Crippen LogP contribution in [0, 0.1) is 0 Å². The van der Waals surface area contributed by atoms with Crippen molar-refractivity contribution in [1.82, 2.24) is 9.97 Å². The highest BCUT2D eigenvalue weighted by Gasteiger charge is 2.13. The van der Waals surface area contributed by atoms with Crippen LogP contribution in [0.2, 0.25) is 5.15 Å². The highest BCUT2D eigenvalue weighted by atomic mass is 35.5. The maximum Gasteiger partial charge on any atom is 0.147 e. The van der Waals surface area contributed by atoms with E-state index in [9.17, 15) is 0 Å². The Hall–Kier alpha value is -1.61. The van der Waals surface area contributed by atoms with E-state index in [0.717, 1.165) is 30.6 Å². The van der Waals surface area contributed by atoms with Crippen molar-refractivity contribution in [2.75, 3.05) is 5.73 Å². The minimum absolute atomic E-state index is 0.404. The zero-order valence-electron chi connectivity index (χ0n) is 11.0. The first kappa shape index (κ1) is 13.8. The Morgan fingerprint density at radius 2 is 2.16 bits per heavy atom. The van der Waals surface area contributed by atoms with Gasteiger partial charge in [-0.25, -0.2) is 4.98 Å². The standard InChI is InChI=1S/C15H18ClN3/c1-2-4-11(12-5-3-6-13(17)7-12)8-14-9-18-10-15(16)19-14/h3,5-7,9-11H,2,4,8,17H2,1H3. The van der Waals surface area contributed by atoms with E-state index in [1.54, 1.807) is 12.4 Å². The van der Waals surface area contributed by atoms with Gasteiger partial charge in [-0.05, 0) is 36.5 Å². The summed E-state index contributed by atoms with van der Waals surface area (Å²) in [5.74, 6) is 0.404. The average molecular weight is 276 g/mol. The Balaban J connectivity index is 2.21. The molecule has 1 unspecified atom stereocenters. The third-order valence-electron chi connectivity index (χ3n) is 3.13. The monoisotopic (exact) mass is 275 g/mol. The third-order valence-corrected chi connectivity index (χ3v) is 3.31. The molecule has 0 spiro atoms. The first-order valence-electron chi connectivity index (χ1n) is 6.51. The van der Waals surface area contributed by atoms with Crippen LogP contribution >= 0.6 is 11.6 Å². The number of hydrogen-bond donors (Lipinski definition) is 1. The largest absolute Gasteiger partial charge is 0.399 e. The van der Waals surface area contributed by atoms with Gasteiger partial charge in [0.05, 0.1) is 11.9 Å². The van der Waals surface area contributed by atoms with Crippen molar-refractivity contribution in [2.24, 2.45) is 0 Å². The maximum atomic E-state index is 5.88. The van der Waals surface area contributed by atoms with Crippen LogP contribution in [0.4, 0.5) is 5.69 Å². The number of anilines is 1. The molecule has 2 aromatic rings. The van der Waals surface area contributed by atoms with Crippen LogP contribution in [0.15, 0.2) is 36.7 Å². The molecule has 2 N–H and O–H groups in total. The molecule has 0 radical (unpaired) electrons. The summed E-state index contributed by atoms with van der Waals surface area (Å²) >= 11 is 5.88. The number of halogens is 1. The van der Waals surface area contributed by atoms with E-state index >= 15 is 0 Å². The van der Waals surface area contributed by atoms with Crippen LogP contribution in [0.3, 0.4) is 0 Å². The Kier molecular flexibility index (Phi) is 4.74. The van der Waals surface area contributed by atoms with Crippen LogP contribution < -0.4 is 5.73 Å². The summed E-state index contributed by atoms with van der Waals surface area (Å²) in [4.78, 5) is 8.40. The molecule has 0 fully saturated rings. The summed E-state index contributed by atoms with van der Waals surface area (Å²) in [6.07, 6.45) is 6.39. The molecule has 0 bridgehead atoms. The van der Waals surface area contributed by atoms with E-state index in [1.165, 1.54) is 5.56 Å². The van der Waals surface area contributed by atoms with Gasteiger partial charge in [-0.2, -0.15) is 0 Å². The molecule has 100 valence electrons. The van der Waals surface area contributed by atoms with Crippen LogP contribution in [0.25, 0.3) is 0 Å². The summed E-state index contributed by atoms with van der Waals surface area (Å²) in [5, 5.41) is 0.445. The van der Waals surface area contributed by atoms with Crippen molar-refractivity contribution in [3.05, 3.63) is 53.1 Å². The molecule has 0 aliphatic carbocycles. The van der Waals surface area contributed by atoms with E-state index < -0.39 is 0 Å². The minimum atomic E-state index is 0.404. The molecule has 0 aliphatic rings. The fraction of sp³-hybridized carbons (Fsp3) is 0.333. The van der Waals surface area contributed by atoms with Gasteiger partial charge in [0.25, 0.3) is 0 Å². The van der Waals surface area contributed by atoms with Gasteiger partial charge in [-0.15, -0.1) is 0 Å².